The first-order valence-electron chi connectivity index (χ1n) is 9.10. The van der Waals surface area contributed by atoms with Crippen LogP contribution in [0.15, 0.2) is 39.5 Å². The minimum Gasteiger partial charge on any atom is -0.394 e. The van der Waals surface area contributed by atoms with Crippen molar-refractivity contribution in [3.8, 4) is 11.4 Å². The number of nitrogens with zero attached hydrogens (tertiary/aromatic N) is 3. The molecule has 13 heteroatoms. The average Bonchev–Trinajstić information content (AvgIpc) is 3.40. The van der Waals surface area contributed by atoms with Crippen molar-refractivity contribution in [2.75, 3.05) is 13.7 Å². The zero-order valence-corrected chi connectivity index (χ0v) is 19.2. The zero-order valence-electron chi connectivity index (χ0n) is 16.0. The molecule has 9 nitrogen and oxygen atoms in total. The number of nitrogens with one attached hydrogen (secondary N) is 1. The minimum atomic E-state index is -1.11. The number of aromatic amines is 1. The summed E-state index contributed by atoms with van der Waals surface area (Å²) in [6.45, 7) is -0.397. The Kier molecular flexibility index (Phi) is 7.04. The van der Waals surface area contributed by atoms with Gasteiger partial charge in [-0.2, -0.15) is 0 Å². The molecule has 3 N–H and O–H groups in total. The van der Waals surface area contributed by atoms with Crippen LogP contribution in [0.25, 0.3) is 11.4 Å². The topological polar surface area (TPSA) is 122 Å². The summed E-state index contributed by atoms with van der Waals surface area (Å²) in [4.78, 5) is 14.7. The summed E-state index contributed by atoms with van der Waals surface area (Å²) in [5.74, 6) is 0. The van der Waals surface area contributed by atoms with E-state index < -0.39 is 36.4 Å². The van der Waals surface area contributed by atoms with Crippen LogP contribution in [0.3, 0.4) is 0 Å². The predicted molar refractivity (Wildman–Crippen MR) is 118 cm³/mol. The molecule has 1 aliphatic rings. The molecule has 0 amide bonds. The number of H-pyrrole nitrogens is 1. The van der Waals surface area contributed by atoms with Crippen molar-refractivity contribution in [2.45, 2.75) is 34.7 Å². The molecule has 0 bridgehead atoms. The van der Waals surface area contributed by atoms with Crippen molar-refractivity contribution in [3.63, 3.8) is 0 Å². The van der Waals surface area contributed by atoms with Gasteiger partial charge in [0.25, 0.3) is 0 Å². The third kappa shape index (κ3) is 4.69. The Labute approximate surface area is 194 Å². The monoisotopic (exact) mass is 504 g/mol. The fourth-order valence-corrected chi connectivity index (χ4v) is 5.49. The maximum absolute atomic E-state index is 11.4. The van der Waals surface area contributed by atoms with Gasteiger partial charge in [0.15, 0.2) is 0 Å². The van der Waals surface area contributed by atoms with Gasteiger partial charge < -0.3 is 24.7 Å². The van der Waals surface area contributed by atoms with Crippen molar-refractivity contribution >= 4 is 46.3 Å². The van der Waals surface area contributed by atoms with E-state index in [9.17, 15) is 15.0 Å². The molecule has 1 saturated heterocycles. The Morgan fingerprint density at radius 2 is 2.19 bits per heavy atom. The summed E-state index contributed by atoms with van der Waals surface area (Å²) in [5, 5.41) is 31.4. The van der Waals surface area contributed by atoms with Crippen LogP contribution in [0, 0.1) is 0 Å². The number of thiazole rings is 1. The summed E-state index contributed by atoms with van der Waals surface area (Å²) in [5.41, 5.74) is 0.375. The Morgan fingerprint density at radius 1 is 1.39 bits per heavy atom. The number of hydrogen-bond donors (Lipinski definition) is 3. The molecule has 0 spiro atoms. The Hall–Kier alpha value is -1.44. The third-order valence-corrected chi connectivity index (χ3v) is 7.40. The van der Waals surface area contributed by atoms with Crippen LogP contribution < -0.4 is 4.87 Å². The number of benzene rings is 1. The number of aliphatic hydroxyl groups excluding tert-OH is 2. The Morgan fingerprint density at radius 3 is 2.84 bits per heavy atom. The highest BCUT2D eigenvalue weighted by atomic mass is 35.5. The molecule has 2 aromatic heterocycles. The molecule has 2 unspecified atom stereocenters. The van der Waals surface area contributed by atoms with Gasteiger partial charge in [0.2, 0.25) is 0 Å². The molecule has 1 aliphatic heterocycles. The highest BCUT2D eigenvalue weighted by molar-refractivity contribution is 7.99. The average molecular weight is 505 g/mol. The molecule has 3 aromatic rings. The summed E-state index contributed by atoms with van der Waals surface area (Å²) in [7, 11) is 1.50. The fraction of sp³-hybridized carbons (Fsp3) is 0.389. The fourth-order valence-electron chi connectivity index (χ4n) is 3.34. The van der Waals surface area contributed by atoms with Gasteiger partial charge in [-0.1, -0.05) is 51.5 Å². The van der Waals surface area contributed by atoms with E-state index >= 15 is 0 Å². The molecule has 1 fully saturated rings. The summed E-state index contributed by atoms with van der Waals surface area (Å²) in [6.07, 6.45) is -1.02. The summed E-state index contributed by atoms with van der Waals surface area (Å²) >= 11 is 14.5. The maximum atomic E-state index is 11.4. The normalized spacial score (nSPS) is 26.3. The molecule has 31 heavy (non-hydrogen) atoms. The number of hydrogen-bond acceptors (Lipinski definition) is 9. The van der Waals surface area contributed by atoms with E-state index in [4.69, 9.17) is 32.7 Å². The summed E-state index contributed by atoms with van der Waals surface area (Å²) < 4.78 is 13.1. The second kappa shape index (κ2) is 9.59. The number of halogens is 2. The molecule has 4 rings (SSSR count). The van der Waals surface area contributed by atoms with Gasteiger partial charge in [0.05, 0.1) is 28.5 Å². The van der Waals surface area contributed by atoms with Crippen molar-refractivity contribution < 1.29 is 19.7 Å². The lowest BCUT2D eigenvalue weighted by Gasteiger charge is -2.43. The third-order valence-electron chi connectivity index (χ3n) is 4.85. The molecule has 0 aliphatic carbocycles. The lowest BCUT2D eigenvalue weighted by Crippen LogP contribution is -2.55. The highest BCUT2D eigenvalue weighted by Gasteiger charge is 2.47. The van der Waals surface area contributed by atoms with Gasteiger partial charge in [-0.25, -0.2) is 4.68 Å². The van der Waals surface area contributed by atoms with Crippen LogP contribution in [-0.4, -0.2) is 67.7 Å². The van der Waals surface area contributed by atoms with Crippen LogP contribution in [0.2, 0.25) is 10.0 Å². The molecule has 0 radical (unpaired) electrons. The van der Waals surface area contributed by atoms with Crippen molar-refractivity contribution in [2.24, 2.45) is 0 Å². The van der Waals surface area contributed by atoms with E-state index in [2.05, 4.69) is 15.3 Å². The molecular formula is C18H18Cl2N4O5S2. The van der Waals surface area contributed by atoms with E-state index in [1.807, 2.05) is 0 Å². The number of thioether (sulfide) groups is 1. The van der Waals surface area contributed by atoms with Crippen LogP contribution in [-0.2, 0) is 9.47 Å². The smallest absolute Gasteiger partial charge is 0.304 e. The number of aromatic nitrogens is 4. The quantitative estimate of drug-likeness (QED) is 0.467. The van der Waals surface area contributed by atoms with E-state index in [0.717, 1.165) is 16.2 Å². The van der Waals surface area contributed by atoms with Crippen molar-refractivity contribution in [3.05, 3.63) is 49.5 Å². The second-order valence-electron chi connectivity index (χ2n) is 6.75. The van der Waals surface area contributed by atoms with Gasteiger partial charge >= 0.3 is 4.87 Å². The van der Waals surface area contributed by atoms with Gasteiger partial charge in [-0.15, -0.1) is 5.10 Å². The number of rotatable bonds is 6. The van der Waals surface area contributed by atoms with Gasteiger partial charge in [0, 0.05) is 17.4 Å². The first-order chi connectivity index (χ1) is 14.9. The Balaban J connectivity index is 1.65. The van der Waals surface area contributed by atoms with E-state index in [-0.39, 0.29) is 4.87 Å². The lowest BCUT2D eigenvalue weighted by atomic mass is 9.97. The largest absolute Gasteiger partial charge is 0.394 e. The van der Waals surface area contributed by atoms with E-state index in [1.54, 1.807) is 29.8 Å². The maximum Gasteiger partial charge on any atom is 0.304 e. The molecule has 166 valence electrons. The first kappa shape index (κ1) is 22.7. The van der Waals surface area contributed by atoms with Crippen LogP contribution >= 0.6 is 46.3 Å². The molecule has 3 heterocycles. The van der Waals surface area contributed by atoms with Crippen molar-refractivity contribution in [1.82, 2.24) is 20.0 Å². The summed E-state index contributed by atoms with van der Waals surface area (Å²) in [6, 6.07) is 4.48. The van der Waals surface area contributed by atoms with Gasteiger partial charge in [0.1, 0.15) is 35.5 Å². The number of methoxy groups -OCH3 is 1. The van der Waals surface area contributed by atoms with E-state index in [1.165, 1.54) is 23.6 Å². The first-order valence-corrected chi connectivity index (χ1v) is 11.6. The molecule has 5 atom stereocenters. The second-order valence-corrected chi connectivity index (χ2v) is 9.57. The molecule has 1 aromatic carbocycles. The van der Waals surface area contributed by atoms with Crippen molar-refractivity contribution in [1.29, 1.82) is 0 Å². The Bertz CT molecular complexity index is 1110. The lowest BCUT2D eigenvalue weighted by molar-refractivity contribution is -0.186. The highest BCUT2D eigenvalue weighted by Crippen LogP contribution is 2.40. The van der Waals surface area contributed by atoms with Gasteiger partial charge in [-0.3, -0.25) is 4.79 Å². The standard InChI is InChI=1S/C18H18Cl2N4O5S2/c1-28-16-14(24-5-11(22-23-24)12-7-30-18(27)21-12)15(26)13(6-25)29-17(16)31-8-2-3-9(19)10(20)4-8/h2-5,7,13-17,25-26H,6H2,1H3,(H,21,27)/t13?,14-,15-,16?,17+/m0/s1. The van der Waals surface area contributed by atoms with Crippen LogP contribution in [0.5, 0.6) is 0 Å². The minimum absolute atomic E-state index is 0.205. The number of aliphatic hydroxyl groups is 2. The number of ether oxygens (including phenoxy) is 2. The van der Waals surface area contributed by atoms with Crippen LogP contribution in [0.1, 0.15) is 6.04 Å². The van der Waals surface area contributed by atoms with Gasteiger partial charge in [-0.05, 0) is 18.2 Å². The molecule has 0 saturated carbocycles. The van der Waals surface area contributed by atoms with E-state index in [0.29, 0.717) is 21.4 Å². The predicted octanol–water partition coefficient (Wildman–Crippen LogP) is 2.43. The zero-order chi connectivity index (χ0) is 22.1. The molecular weight excluding hydrogens is 487 g/mol. The SMILES string of the molecule is COC1[C@@H](Sc2ccc(Cl)c(Cl)c2)OC(CO)[C@H](O)[C@@H]1n1cc(-c2csc(=O)[nH]2)nn1. The van der Waals surface area contributed by atoms with Crippen LogP contribution in [0.4, 0.5) is 0 Å².